The third-order valence-corrected chi connectivity index (χ3v) is 7.12. The molecule has 2 aliphatic carbocycles. The number of amides is 1. The molecule has 5 heteroatoms. The number of hydrogen-bond acceptors (Lipinski definition) is 2. The van der Waals surface area contributed by atoms with Crippen LogP contribution in [0.4, 0.5) is 10.1 Å². The predicted octanol–water partition coefficient (Wildman–Crippen LogP) is 5.36. The number of nitrogens with zero attached hydrogens (tertiary/aromatic N) is 1. The average molecular weight is 413 g/mol. The van der Waals surface area contributed by atoms with E-state index < -0.39 is 0 Å². The van der Waals surface area contributed by atoms with Crippen molar-refractivity contribution < 1.29 is 9.18 Å². The Morgan fingerprint density at radius 1 is 1.17 bits per heavy atom. The van der Waals surface area contributed by atoms with Crippen LogP contribution in [0.15, 0.2) is 36.4 Å². The number of hydrogen-bond donors (Lipinski definition) is 1. The molecule has 3 aliphatic rings. The van der Waals surface area contributed by atoms with Gasteiger partial charge < -0.3 is 10.2 Å². The fourth-order valence-corrected chi connectivity index (χ4v) is 5.05. The van der Waals surface area contributed by atoms with Gasteiger partial charge in [0.1, 0.15) is 5.82 Å². The van der Waals surface area contributed by atoms with Crippen LogP contribution in [-0.2, 0) is 13.1 Å². The summed E-state index contributed by atoms with van der Waals surface area (Å²) in [4.78, 5) is 14.8. The molecule has 2 saturated carbocycles. The fourth-order valence-electron chi connectivity index (χ4n) is 4.61. The Morgan fingerprint density at radius 3 is 2.72 bits per heavy atom. The lowest BCUT2D eigenvalue weighted by Crippen LogP contribution is -2.27. The molecule has 1 amide bonds. The molecule has 0 radical (unpaired) electrons. The third kappa shape index (κ3) is 3.69. The number of halogens is 2. The Bertz CT molecular complexity index is 936. The maximum atomic E-state index is 14.8. The van der Waals surface area contributed by atoms with E-state index in [2.05, 4.69) is 17.4 Å². The van der Waals surface area contributed by atoms with E-state index in [-0.39, 0.29) is 17.1 Å². The largest absolute Gasteiger partial charge is 0.312 e. The molecule has 0 unspecified atom stereocenters. The highest BCUT2D eigenvalue weighted by atomic mass is 35.5. The standard InChI is InChI=1S/C24H26ClFN2O/c25-19-9-18(10-19)17-5-2-6-20(11-17)28-14-22-21(24(28)29)7-16(8-23(22)26)13-27-12-15-3-1-4-15/h2,5-8,11,15,18-19,27H,1,3-4,9-10,12-14H2. The SMILES string of the molecule is O=C1c2cc(CNCC3CCC3)cc(F)c2CN1c1cccc(C2CC(Cl)C2)c1. The molecule has 0 bridgehead atoms. The molecule has 1 heterocycles. The average Bonchev–Trinajstić information content (AvgIpc) is 2.99. The monoisotopic (exact) mass is 412 g/mol. The number of carbonyl (C=O) groups is 1. The summed E-state index contributed by atoms with van der Waals surface area (Å²) in [7, 11) is 0. The number of nitrogens with one attached hydrogen (secondary N) is 1. The summed E-state index contributed by atoms with van der Waals surface area (Å²) < 4.78 is 14.8. The zero-order chi connectivity index (χ0) is 20.0. The molecule has 1 N–H and O–H groups in total. The molecule has 3 nitrogen and oxygen atoms in total. The van der Waals surface area contributed by atoms with Crippen LogP contribution >= 0.6 is 11.6 Å². The van der Waals surface area contributed by atoms with Crippen LogP contribution in [0.5, 0.6) is 0 Å². The molecule has 5 rings (SSSR count). The Kier molecular flexibility index (Phi) is 5.09. The maximum Gasteiger partial charge on any atom is 0.259 e. The van der Waals surface area contributed by atoms with Crippen LogP contribution < -0.4 is 10.2 Å². The minimum atomic E-state index is -0.279. The molecule has 29 heavy (non-hydrogen) atoms. The first kappa shape index (κ1) is 19.1. The van der Waals surface area contributed by atoms with Crippen molar-refractivity contribution in [1.82, 2.24) is 5.32 Å². The highest BCUT2D eigenvalue weighted by Gasteiger charge is 2.33. The Labute approximate surface area is 176 Å². The Hall–Kier alpha value is -1.91. The van der Waals surface area contributed by atoms with Crippen LogP contribution in [-0.4, -0.2) is 17.8 Å². The van der Waals surface area contributed by atoms with Gasteiger partial charge in [-0.1, -0.05) is 18.6 Å². The number of alkyl halides is 1. The van der Waals surface area contributed by atoms with Gasteiger partial charge in [0.05, 0.1) is 6.54 Å². The number of carbonyl (C=O) groups excluding carboxylic acids is 1. The highest BCUT2D eigenvalue weighted by Crippen LogP contribution is 2.41. The molecule has 0 atom stereocenters. The van der Waals surface area contributed by atoms with Crippen molar-refractivity contribution in [2.45, 2.75) is 56.5 Å². The van der Waals surface area contributed by atoms with Crippen molar-refractivity contribution in [3.63, 3.8) is 0 Å². The quantitative estimate of drug-likeness (QED) is 0.647. The van der Waals surface area contributed by atoms with Crippen molar-refractivity contribution in [1.29, 1.82) is 0 Å². The van der Waals surface area contributed by atoms with E-state index in [4.69, 9.17) is 11.6 Å². The van der Waals surface area contributed by atoms with E-state index >= 15 is 0 Å². The third-order valence-electron chi connectivity index (χ3n) is 6.77. The Morgan fingerprint density at radius 2 is 2.00 bits per heavy atom. The lowest BCUT2D eigenvalue weighted by Gasteiger charge is -2.32. The first-order valence-corrected chi connectivity index (χ1v) is 11.1. The molecule has 1 aliphatic heterocycles. The number of anilines is 1. The summed E-state index contributed by atoms with van der Waals surface area (Å²) in [5.41, 5.74) is 3.90. The molecule has 152 valence electrons. The van der Waals surface area contributed by atoms with Gasteiger partial charge in [-0.05, 0) is 79.5 Å². The van der Waals surface area contributed by atoms with E-state index in [0.29, 0.717) is 30.1 Å². The summed E-state index contributed by atoms with van der Waals surface area (Å²) >= 11 is 6.13. The zero-order valence-corrected chi connectivity index (χ0v) is 17.2. The normalized spacial score (nSPS) is 23.7. The number of benzene rings is 2. The van der Waals surface area contributed by atoms with Gasteiger partial charge in [0.25, 0.3) is 5.91 Å². The molecular weight excluding hydrogens is 387 g/mol. The second kappa shape index (κ2) is 7.73. The molecule has 2 aromatic rings. The minimum absolute atomic E-state index is 0.110. The van der Waals surface area contributed by atoms with Crippen LogP contribution in [0.2, 0.25) is 0 Å². The number of rotatable bonds is 6. The summed E-state index contributed by atoms with van der Waals surface area (Å²) in [5.74, 6) is 0.825. The maximum absolute atomic E-state index is 14.8. The van der Waals surface area contributed by atoms with Gasteiger partial charge in [0, 0.05) is 28.7 Å². The van der Waals surface area contributed by atoms with Crippen molar-refractivity contribution in [3.8, 4) is 0 Å². The van der Waals surface area contributed by atoms with Crippen molar-refractivity contribution in [2.24, 2.45) is 5.92 Å². The van der Waals surface area contributed by atoms with E-state index in [9.17, 15) is 9.18 Å². The smallest absolute Gasteiger partial charge is 0.259 e. The van der Waals surface area contributed by atoms with Crippen molar-refractivity contribution in [2.75, 3.05) is 11.4 Å². The molecule has 0 saturated heterocycles. The molecule has 2 fully saturated rings. The van der Waals surface area contributed by atoms with Gasteiger partial charge in [0.2, 0.25) is 0 Å². The molecule has 2 aromatic carbocycles. The van der Waals surface area contributed by atoms with Crippen molar-refractivity contribution >= 4 is 23.2 Å². The van der Waals surface area contributed by atoms with Crippen LogP contribution in [0.1, 0.15) is 65.1 Å². The van der Waals surface area contributed by atoms with E-state index in [0.717, 1.165) is 36.6 Å². The highest BCUT2D eigenvalue weighted by molar-refractivity contribution is 6.21. The predicted molar refractivity (Wildman–Crippen MR) is 114 cm³/mol. The summed E-state index contributed by atoms with van der Waals surface area (Å²) in [6.07, 6.45) is 5.84. The Balaban J connectivity index is 1.32. The second-order valence-corrected chi connectivity index (χ2v) is 9.40. The van der Waals surface area contributed by atoms with Gasteiger partial charge in [-0.25, -0.2) is 4.39 Å². The first-order chi connectivity index (χ1) is 14.1. The molecule has 0 spiro atoms. The topological polar surface area (TPSA) is 32.3 Å². The van der Waals surface area contributed by atoms with Gasteiger partial charge in [-0.3, -0.25) is 4.79 Å². The summed E-state index contributed by atoms with van der Waals surface area (Å²) in [6.45, 7) is 1.86. The lowest BCUT2D eigenvalue weighted by molar-refractivity contribution is 0.0996. The molecule has 0 aromatic heterocycles. The summed E-state index contributed by atoms with van der Waals surface area (Å²) in [5, 5.41) is 3.67. The zero-order valence-electron chi connectivity index (χ0n) is 16.5. The second-order valence-electron chi connectivity index (χ2n) is 8.78. The van der Waals surface area contributed by atoms with E-state index in [1.54, 1.807) is 11.0 Å². The van der Waals surface area contributed by atoms with Gasteiger partial charge >= 0.3 is 0 Å². The van der Waals surface area contributed by atoms with Gasteiger partial charge in [0.15, 0.2) is 0 Å². The van der Waals surface area contributed by atoms with Gasteiger partial charge in [-0.15, -0.1) is 11.6 Å². The van der Waals surface area contributed by atoms with Crippen LogP contribution in [0.3, 0.4) is 0 Å². The van der Waals surface area contributed by atoms with Crippen LogP contribution in [0, 0.1) is 11.7 Å². The molecular formula is C24H26ClFN2O. The number of fused-ring (bicyclic) bond motifs is 1. The lowest BCUT2D eigenvalue weighted by atomic mass is 9.79. The van der Waals surface area contributed by atoms with E-state index in [1.807, 2.05) is 18.2 Å². The van der Waals surface area contributed by atoms with Gasteiger partial charge in [-0.2, -0.15) is 0 Å². The van der Waals surface area contributed by atoms with Crippen molar-refractivity contribution in [3.05, 3.63) is 64.5 Å². The first-order valence-electron chi connectivity index (χ1n) is 10.7. The summed E-state index contributed by atoms with van der Waals surface area (Å²) in [6, 6.07) is 11.5. The minimum Gasteiger partial charge on any atom is -0.312 e. The van der Waals surface area contributed by atoms with E-state index in [1.165, 1.54) is 24.8 Å². The fraction of sp³-hybridized carbons (Fsp3) is 0.458. The van der Waals surface area contributed by atoms with Crippen LogP contribution in [0.25, 0.3) is 0 Å².